The van der Waals surface area contributed by atoms with Crippen LogP contribution in [0.4, 0.5) is 10.1 Å². The van der Waals surface area contributed by atoms with Crippen molar-refractivity contribution in [2.75, 3.05) is 4.90 Å². The zero-order valence-corrected chi connectivity index (χ0v) is 9.50. The molecule has 1 unspecified atom stereocenters. The molecular formula is C12H10ClFN2. The summed E-state index contributed by atoms with van der Waals surface area (Å²) in [6.45, 7) is 2.01. The molecule has 1 heterocycles. The molecule has 2 rings (SSSR count). The number of nitriles is 1. The fourth-order valence-corrected chi connectivity index (χ4v) is 2.07. The van der Waals surface area contributed by atoms with E-state index in [2.05, 4.69) is 0 Å². The quantitative estimate of drug-likeness (QED) is 0.747. The predicted octanol–water partition coefficient (Wildman–Crippen LogP) is 3.46. The third-order valence-corrected chi connectivity index (χ3v) is 2.94. The second-order valence-electron chi connectivity index (χ2n) is 3.77. The van der Waals surface area contributed by atoms with Gasteiger partial charge in [-0.05, 0) is 25.5 Å². The maximum Gasteiger partial charge on any atom is 0.126 e. The molecule has 16 heavy (non-hydrogen) atoms. The molecule has 4 heteroatoms. The standard InChI is InChI=1S/C12H10ClFN2/c1-8-3-2-4-16(8)12-6-9(14)5-11(13)10(12)7-15/h2,4-6,8H,3H2,1H3. The third-order valence-electron chi connectivity index (χ3n) is 2.64. The molecule has 1 aromatic rings. The number of anilines is 1. The van der Waals surface area contributed by atoms with E-state index >= 15 is 0 Å². The Morgan fingerprint density at radius 1 is 1.56 bits per heavy atom. The molecule has 0 fully saturated rings. The first kappa shape index (κ1) is 11.0. The van der Waals surface area contributed by atoms with Gasteiger partial charge in [0.2, 0.25) is 0 Å². The molecule has 0 saturated heterocycles. The maximum absolute atomic E-state index is 13.3. The summed E-state index contributed by atoms with van der Waals surface area (Å²) in [6.07, 6.45) is 4.74. The van der Waals surface area contributed by atoms with E-state index in [1.54, 1.807) is 0 Å². The van der Waals surface area contributed by atoms with Crippen LogP contribution in [0, 0.1) is 17.1 Å². The Balaban J connectivity index is 2.55. The van der Waals surface area contributed by atoms with Crippen molar-refractivity contribution >= 4 is 17.3 Å². The highest BCUT2D eigenvalue weighted by Crippen LogP contribution is 2.32. The van der Waals surface area contributed by atoms with Crippen LogP contribution in [0.3, 0.4) is 0 Å². The van der Waals surface area contributed by atoms with Crippen LogP contribution in [0.25, 0.3) is 0 Å². The minimum absolute atomic E-state index is 0.157. The van der Waals surface area contributed by atoms with Gasteiger partial charge < -0.3 is 4.90 Å². The summed E-state index contributed by atoms with van der Waals surface area (Å²) >= 11 is 5.85. The van der Waals surface area contributed by atoms with Gasteiger partial charge in [0, 0.05) is 12.2 Å². The van der Waals surface area contributed by atoms with Crippen molar-refractivity contribution in [1.29, 1.82) is 5.26 Å². The Kier molecular flexibility index (Phi) is 2.84. The van der Waals surface area contributed by atoms with E-state index in [0.717, 1.165) is 12.5 Å². The fraction of sp³-hybridized carbons (Fsp3) is 0.250. The summed E-state index contributed by atoms with van der Waals surface area (Å²) in [5, 5.41) is 9.19. The van der Waals surface area contributed by atoms with E-state index in [0.29, 0.717) is 11.3 Å². The highest BCUT2D eigenvalue weighted by molar-refractivity contribution is 6.32. The number of benzene rings is 1. The van der Waals surface area contributed by atoms with Gasteiger partial charge in [0.05, 0.1) is 16.3 Å². The molecule has 0 aliphatic carbocycles. The van der Waals surface area contributed by atoms with E-state index in [9.17, 15) is 4.39 Å². The van der Waals surface area contributed by atoms with Gasteiger partial charge in [-0.15, -0.1) is 0 Å². The average molecular weight is 237 g/mol. The minimum atomic E-state index is -0.425. The summed E-state index contributed by atoms with van der Waals surface area (Å²) < 4.78 is 13.3. The zero-order chi connectivity index (χ0) is 11.7. The maximum atomic E-state index is 13.3. The molecule has 0 saturated carbocycles. The summed E-state index contributed by atoms with van der Waals surface area (Å²) in [5.74, 6) is -0.425. The van der Waals surface area contributed by atoms with Gasteiger partial charge in [-0.3, -0.25) is 0 Å². The summed E-state index contributed by atoms with van der Waals surface area (Å²) in [6, 6.07) is 4.75. The van der Waals surface area contributed by atoms with Gasteiger partial charge in [0.25, 0.3) is 0 Å². The minimum Gasteiger partial charge on any atom is -0.344 e. The summed E-state index contributed by atoms with van der Waals surface area (Å²) in [5.41, 5.74) is 0.857. The van der Waals surface area contributed by atoms with Crippen LogP contribution < -0.4 is 4.90 Å². The van der Waals surface area contributed by atoms with Crippen LogP contribution in [0.5, 0.6) is 0 Å². The van der Waals surface area contributed by atoms with Crippen LogP contribution in [0.2, 0.25) is 5.02 Å². The van der Waals surface area contributed by atoms with E-state index in [-0.39, 0.29) is 11.1 Å². The molecule has 0 aromatic heterocycles. The fourth-order valence-electron chi connectivity index (χ4n) is 1.82. The normalized spacial score (nSPS) is 18.9. The number of hydrogen-bond donors (Lipinski definition) is 0. The summed E-state index contributed by atoms with van der Waals surface area (Å²) in [4.78, 5) is 1.87. The van der Waals surface area contributed by atoms with E-state index in [1.807, 2.05) is 30.2 Å². The number of hydrogen-bond acceptors (Lipinski definition) is 2. The van der Waals surface area contributed by atoms with Gasteiger partial charge in [0.15, 0.2) is 0 Å². The van der Waals surface area contributed by atoms with Crippen molar-refractivity contribution in [3.63, 3.8) is 0 Å². The largest absolute Gasteiger partial charge is 0.344 e. The van der Waals surface area contributed by atoms with E-state index in [4.69, 9.17) is 16.9 Å². The lowest BCUT2D eigenvalue weighted by Gasteiger charge is -2.23. The van der Waals surface area contributed by atoms with Crippen LogP contribution >= 0.6 is 11.6 Å². The van der Waals surface area contributed by atoms with Crippen LogP contribution in [-0.4, -0.2) is 6.04 Å². The highest BCUT2D eigenvalue weighted by Gasteiger charge is 2.21. The summed E-state index contributed by atoms with van der Waals surface area (Å²) in [7, 11) is 0. The van der Waals surface area contributed by atoms with Gasteiger partial charge >= 0.3 is 0 Å². The van der Waals surface area contributed by atoms with Gasteiger partial charge in [-0.1, -0.05) is 17.7 Å². The lowest BCUT2D eigenvalue weighted by atomic mass is 10.1. The zero-order valence-electron chi connectivity index (χ0n) is 8.74. The highest BCUT2D eigenvalue weighted by atomic mass is 35.5. The Morgan fingerprint density at radius 3 is 2.88 bits per heavy atom. The Hall–Kier alpha value is -1.53. The lowest BCUT2D eigenvalue weighted by Crippen LogP contribution is -2.23. The first-order valence-corrected chi connectivity index (χ1v) is 5.35. The van der Waals surface area contributed by atoms with Gasteiger partial charge in [-0.25, -0.2) is 4.39 Å². The smallest absolute Gasteiger partial charge is 0.126 e. The molecule has 0 radical (unpaired) electrons. The Bertz CT molecular complexity index is 491. The Labute approximate surface area is 98.5 Å². The molecule has 1 aliphatic rings. The number of rotatable bonds is 1. The molecule has 82 valence electrons. The number of nitrogens with zero attached hydrogens (tertiary/aromatic N) is 2. The molecule has 2 nitrogen and oxygen atoms in total. The molecule has 1 aromatic carbocycles. The molecule has 0 bridgehead atoms. The van der Waals surface area contributed by atoms with Crippen molar-refractivity contribution in [1.82, 2.24) is 0 Å². The predicted molar refractivity (Wildman–Crippen MR) is 61.8 cm³/mol. The monoisotopic (exact) mass is 236 g/mol. The van der Waals surface area contributed by atoms with Crippen molar-refractivity contribution in [2.45, 2.75) is 19.4 Å². The molecular weight excluding hydrogens is 227 g/mol. The SMILES string of the molecule is CC1CC=CN1c1cc(F)cc(Cl)c1C#N. The van der Waals surface area contributed by atoms with E-state index < -0.39 is 5.82 Å². The number of halogens is 2. The molecule has 1 atom stereocenters. The van der Waals surface area contributed by atoms with E-state index in [1.165, 1.54) is 6.07 Å². The molecule has 0 N–H and O–H groups in total. The van der Waals surface area contributed by atoms with Crippen LogP contribution in [0.15, 0.2) is 24.4 Å². The van der Waals surface area contributed by atoms with Crippen molar-refractivity contribution in [3.8, 4) is 6.07 Å². The third kappa shape index (κ3) is 1.77. The first-order chi connectivity index (χ1) is 7.63. The van der Waals surface area contributed by atoms with Crippen LogP contribution in [0.1, 0.15) is 18.9 Å². The second-order valence-corrected chi connectivity index (χ2v) is 4.18. The molecule has 0 amide bonds. The van der Waals surface area contributed by atoms with Crippen molar-refractivity contribution in [3.05, 3.63) is 40.8 Å². The van der Waals surface area contributed by atoms with Crippen LogP contribution in [-0.2, 0) is 0 Å². The van der Waals surface area contributed by atoms with Gasteiger partial charge in [0.1, 0.15) is 11.9 Å². The van der Waals surface area contributed by atoms with Gasteiger partial charge in [-0.2, -0.15) is 5.26 Å². The molecule has 1 aliphatic heterocycles. The lowest BCUT2D eigenvalue weighted by molar-refractivity contribution is 0.626. The molecule has 0 spiro atoms. The second kappa shape index (κ2) is 4.15. The van der Waals surface area contributed by atoms with Crippen molar-refractivity contribution in [2.24, 2.45) is 0 Å². The first-order valence-electron chi connectivity index (χ1n) is 4.97. The van der Waals surface area contributed by atoms with Crippen molar-refractivity contribution < 1.29 is 4.39 Å². The Morgan fingerprint density at radius 2 is 2.31 bits per heavy atom. The topological polar surface area (TPSA) is 27.0 Å². The average Bonchev–Trinajstić information content (AvgIpc) is 2.63.